The molecule has 1 aliphatic carbocycles. The third-order valence-electron chi connectivity index (χ3n) is 3.56. The first-order chi connectivity index (χ1) is 7.69. The van der Waals surface area contributed by atoms with Crippen LogP contribution >= 0.6 is 0 Å². The summed E-state index contributed by atoms with van der Waals surface area (Å²) in [6.07, 6.45) is 5.23. The van der Waals surface area contributed by atoms with E-state index >= 15 is 0 Å². The molecule has 0 aromatic carbocycles. The van der Waals surface area contributed by atoms with Crippen molar-refractivity contribution < 1.29 is 4.74 Å². The molecule has 1 N–H and O–H groups in total. The maximum atomic E-state index is 5.32. The second-order valence-corrected chi connectivity index (χ2v) is 5.09. The molecule has 16 heavy (non-hydrogen) atoms. The summed E-state index contributed by atoms with van der Waals surface area (Å²) in [7, 11) is 4.01. The van der Waals surface area contributed by atoms with E-state index in [2.05, 4.69) is 31.1 Å². The highest BCUT2D eigenvalue weighted by molar-refractivity contribution is 4.84. The van der Waals surface area contributed by atoms with Crippen molar-refractivity contribution in [2.24, 2.45) is 0 Å². The second-order valence-electron chi connectivity index (χ2n) is 5.09. The van der Waals surface area contributed by atoms with Crippen LogP contribution in [0.25, 0.3) is 0 Å². The Kier molecular flexibility index (Phi) is 6.32. The molecule has 0 bridgehead atoms. The lowest BCUT2D eigenvalue weighted by Crippen LogP contribution is -2.47. The van der Waals surface area contributed by atoms with Gasteiger partial charge in [-0.1, -0.05) is 13.3 Å². The fourth-order valence-electron chi connectivity index (χ4n) is 2.08. The Hall–Kier alpha value is -0.120. The van der Waals surface area contributed by atoms with Gasteiger partial charge in [0.1, 0.15) is 0 Å². The normalized spacial score (nSPS) is 20.1. The van der Waals surface area contributed by atoms with E-state index in [9.17, 15) is 0 Å². The Labute approximate surface area is 101 Å². The van der Waals surface area contributed by atoms with Crippen molar-refractivity contribution >= 4 is 0 Å². The standard InChI is InChI=1S/C13H28N2O/c1-5-6-11(2)15(3)13(10-16-4)9-14-12-7-8-12/h11-14H,5-10H2,1-4H3. The van der Waals surface area contributed by atoms with Crippen molar-refractivity contribution in [1.29, 1.82) is 0 Å². The quantitative estimate of drug-likeness (QED) is 0.652. The van der Waals surface area contributed by atoms with Gasteiger partial charge in [-0.3, -0.25) is 4.90 Å². The van der Waals surface area contributed by atoms with E-state index in [0.717, 1.165) is 19.2 Å². The highest BCUT2D eigenvalue weighted by atomic mass is 16.5. The first-order valence-corrected chi connectivity index (χ1v) is 6.63. The summed E-state index contributed by atoms with van der Waals surface area (Å²) in [4.78, 5) is 2.46. The Bertz CT molecular complexity index is 183. The Morgan fingerprint density at radius 2 is 2.12 bits per heavy atom. The van der Waals surface area contributed by atoms with Crippen molar-refractivity contribution in [3.63, 3.8) is 0 Å². The molecule has 0 aromatic rings. The van der Waals surface area contributed by atoms with Crippen molar-refractivity contribution in [3.8, 4) is 0 Å². The Morgan fingerprint density at radius 3 is 2.62 bits per heavy atom. The van der Waals surface area contributed by atoms with Gasteiger partial charge in [0.15, 0.2) is 0 Å². The third kappa shape index (κ3) is 4.81. The predicted molar refractivity (Wildman–Crippen MR) is 68.8 cm³/mol. The minimum atomic E-state index is 0.507. The highest BCUT2D eigenvalue weighted by Gasteiger charge is 2.24. The average molecular weight is 228 g/mol. The van der Waals surface area contributed by atoms with Crippen LogP contribution in [-0.2, 0) is 4.74 Å². The molecule has 1 fully saturated rings. The van der Waals surface area contributed by atoms with E-state index in [1.54, 1.807) is 7.11 Å². The zero-order valence-electron chi connectivity index (χ0n) is 11.3. The molecule has 1 rings (SSSR count). The molecule has 3 heteroatoms. The van der Waals surface area contributed by atoms with Crippen molar-refractivity contribution in [2.75, 3.05) is 27.3 Å². The molecule has 0 heterocycles. The Morgan fingerprint density at radius 1 is 1.44 bits per heavy atom. The van der Waals surface area contributed by atoms with E-state index < -0.39 is 0 Å². The summed E-state index contributed by atoms with van der Waals surface area (Å²) in [5.74, 6) is 0. The van der Waals surface area contributed by atoms with Crippen molar-refractivity contribution in [1.82, 2.24) is 10.2 Å². The van der Waals surface area contributed by atoms with Gasteiger partial charge in [-0.2, -0.15) is 0 Å². The molecule has 2 atom stereocenters. The smallest absolute Gasteiger partial charge is 0.0630 e. The molecular formula is C13H28N2O. The van der Waals surface area contributed by atoms with Gasteiger partial charge < -0.3 is 10.1 Å². The summed E-state index contributed by atoms with van der Waals surface area (Å²) < 4.78 is 5.32. The molecule has 0 aliphatic heterocycles. The van der Waals surface area contributed by atoms with Gasteiger partial charge in [-0.05, 0) is 33.2 Å². The van der Waals surface area contributed by atoms with Crippen LogP contribution in [0.1, 0.15) is 39.5 Å². The largest absolute Gasteiger partial charge is 0.383 e. The van der Waals surface area contributed by atoms with Crippen LogP contribution in [0.4, 0.5) is 0 Å². The van der Waals surface area contributed by atoms with E-state index in [4.69, 9.17) is 4.74 Å². The van der Waals surface area contributed by atoms with Gasteiger partial charge in [0.05, 0.1) is 6.61 Å². The SMILES string of the molecule is CCCC(C)N(C)C(CNC1CC1)COC. The number of nitrogens with one attached hydrogen (secondary N) is 1. The zero-order valence-corrected chi connectivity index (χ0v) is 11.3. The maximum Gasteiger partial charge on any atom is 0.0630 e. The summed E-state index contributed by atoms with van der Waals surface area (Å²) in [5, 5.41) is 3.60. The topological polar surface area (TPSA) is 24.5 Å². The lowest BCUT2D eigenvalue weighted by molar-refractivity contribution is 0.0809. The van der Waals surface area contributed by atoms with Gasteiger partial charge >= 0.3 is 0 Å². The summed E-state index contributed by atoms with van der Waals surface area (Å²) in [6.45, 7) is 6.44. The number of methoxy groups -OCH3 is 1. The van der Waals surface area contributed by atoms with Crippen molar-refractivity contribution in [3.05, 3.63) is 0 Å². The molecular weight excluding hydrogens is 200 g/mol. The van der Waals surface area contributed by atoms with Gasteiger partial charge in [0.2, 0.25) is 0 Å². The van der Waals surface area contributed by atoms with Crippen LogP contribution < -0.4 is 5.32 Å². The van der Waals surface area contributed by atoms with Crippen LogP contribution in [0.2, 0.25) is 0 Å². The molecule has 0 saturated heterocycles. The van der Waals surface area contributed by atoms with Crippen LogP contribution in [0, 0.1) is 0 Å². The highest BCUT2D eigenvalue weighted by Crippen LogP contribution is 2.19. The van der Waals surface area contributed by atoms with Crippen LogP contribution in [0.15, 0.2) is 0 Å². The Balaban J connectivity index is 2.32. The first-order valence-electron chi connectivity index (χ1n) is 6.63. The lowest BCUT2D eigenvalue weighted by atomic mass is 10.1. The summed E-state index contributed by atoms with van der Waals surface area (Å²) in [5.41, 5.74) is 0. The molecule has 3 nitrogen and oxygen atoms in total. The zero-order chi connectivity index (χ0) is 12.0. The third-order valence-corrected chi connectivity index (χ3v) is 3.56. The van der Waals surface area contributed by atoms with Crippen molar-refractivity contribution in [2.45, 2.75) is 57.7 Å². The monoisotopic (exact) mass is 228 g/mol. The van der Waals surface area contributed by atoms with E-state index in [1.807, 2.05) is 0 Å². The van der Waals surface area contributed by atoms with E-state index in [0.29, 0.717) is 12.1 Å². The molecule has 0 amide bonds. The number of hydrogen-bond acceptors (Lipinski definition) is 3. The average Bonchev–Trinajstić information content (AvgIpc) is 3.07. The minimum absolute atomic E-state index is 0.507. The second kappa shape index (κ2) is 7.25. The van der Waals surface area contributed by atoms with Gasteiger partial charge in [0.25, 0.3) is 0 Å². The predicted octanol–water partition coefficient (Wildman–Crippen LogP) is 1.87. The first kappa shape index (κ1) is 13.9. The van der Waals surface area contributed by atoms with Gasteiger partial charge in [-0.15, -0.1) is 0 Å². The fraction of sp³-hybridized carbons (Fsp3) is 1.00. The number of rotatable bonds is 9. The van der Waals surface area contributed by atoms with Gasteiger partial charge in [-0.25, -0.2) is 0 Å². The fourth-order valence-corrected chi connectivity index (χ4v) is 2.08. The van der Waals surface area contributed by atoms with Crippen LogP contribution in [0.5, 0.6) is 0 Å². The molecule has 96 valence electrons. The van der Waals surface area contributed by atoms with Crippen LogP contribution in [0.3, 0.4) is 0 Å². The summed E-state index contributed by atoms with van der Waals surface area (Å²) >= 11 is 0. The maximum absolute atomic E-state index is 5.32. The molecule has 2 unspecified atom stereocenters. The van der Waals surface area contributed by atoms with E-state index in [-0.39, 0.29) is 0 Å². The molecule has 0 spiro atoms. The number of ether oxygens (including phenoxy) is 1. The number of hydrogen-bond donors (Lipinski definition) is 1. The molecule has 1 saturated carbocycles. The van der Waals surface area contributed by atoms with E-state index in [1.165, 1.54) is 25.7 Å². The molecule has 1 aliphatic rings. The molecule has 0 radical (unpaired) electrons. The van der Waals surface area contributed by atoms with Crippen LogP contribution in [-0.4, -0.2) is 50.3 Å². The number of likely N-dealkylation sites (N-methyl/N-ethyl adjacent to an activating group) is 1. The lowest BCUT2D eigenvalue weighted by Gasteiger charge is -2.33. The molecule has 0 aromatic heterocycles. The number of nitrogens with zero attached hydrogens (tertiary/aromatic N) is 1. The summed E-state index contributed by atoms with van der Waals surface area (Å²) in [6, 6.07) is 1.94. The minimum Gasteiger partial charge on any atom is -0.383 e. The van der Waals surface area contributed by atoms with Gasteiger partial charge in [0, 0.05) is 31.8 Å².